The molecule has 4 aliphatic rings. The van der Waals surface area contributed by atoms with Gasteiger partial charge in [0.1, 0.15) is 28.4 Å². The van der Waals surface area contributed by atoms with E-state index in [4.69, 9.17) is 39.9 Å². The van der Waals surface area contributed by atoms with Crippen LogP contribution in [0.3, 0.4) is 0 Å². The van der Waals surface area contributed by atoms with Crippen molar-refractivity contribution in [1.29, 1.82) is 0 Å². The van der Waals surface area contributed by atoms with E-state index in [9.17, 15) is 0 Å². The van der Waals surface area contributed by atoms with Crippen LogP contribution in [-0.4, -0.2) is 50.2 Å². The van der Waals surface area contributed by atoms with Crippen LogP contribution in [0.25, 0.3) is 57.2 Å². The first kappa shape index (κ1) is 29.6. The van der Waals surface area contributed by atoms with Crippen molar-refractivity contribution in [2.24, 2.45) is 10.9 Å². The maximum Gasteiger partial charge on any atom is 0.224 e. The standard InChI is InChI=1S/C42H29N11/c1-6-20-43-29(13-1)28-18-19-34-51(36(28)31-15-3-8-22-45-31)40-49-35(30-14-2-7-21-44-30)37(32-16-4-9-23-46-32)53(40)41-50-39(42-26-27(42)12-11-25-48-42)38(52(34)41)33-17-5-10-24-47-33/h1-17,19-25,27H,18,26H2. The Bertz CT molecular complexity index is 2660. The van der Waals surface area contributed by atoms with Crippen LogP contribution in [0.15, 0.2) is 145 Å². The van der Waals surface area contributed by atoms with E-state index in [1.807, 2.05) is 116 Å². The number of fused-ring (bicyclic) bond motifs is 7. The number of aromatic nitrogens is 9. The van der Waals surface area contributed by atoms with Gasteiger partial charge in [0, 0.05) is 48.7 Å². The quantitative estimate of drug-likeness (QED) is 0.177. The molecule has 0 bridgehead atoms. The molecule has 0 saturated heterocycles. The molecule has 2 atom stereocenters. The summed E-state index contributed by atoms with van der Waals surface area (Å²) in [7, 11) is 0. The lowest BCUT2D eigenvalue weighted by Crippen LogP contribution is -2.35. The van der Waals surface area contributed by atoms with Gasteiger partial charge < -0.3 is 0 Å². The van der Waals surface area contributed by atoms with Crippen molar-refractivity contribution in [3.8, 4) is 40.1 Å². The molecule has 1 aliphatic carbocycles. The van der Waals surface area contributed by atoms with Crippen LogP contribution in [0.2, 0.25) is 0 Å². The Kier molecular flexibility index (Phi) is 6.38. The SMILES string of the molecule is C1=CC2CC2(c2nc3n(c2-c2ccccn2)C2=CCC(c4ccccn4)=C(c4ccccn4)N2c2nc(-c4ccccn4)c(-c4ccccn4)n2-3)N=C1. The number of imidazole rings is 2. The lowest BCUT2D eigenvalue weighted by Gasteiger charge is -2.38. The predicted octanol–water partition coefficient (Wildman–Crippen LogP) is 7.49. The van der Waals surface area contributed by atoms with Gasteiger partial charge >= 0.3 is 0 Å². The molecule has 7 aromatic rings. The first-order valence-corrected chi connectivity index (χ1v) is 17.6. The molecule has 0 spiro atoms. The lowest BCUT2D eigenvalue weighted by atomic mass is 9.98. The van der Waals surface area contributed by atoms with Crippen molar-refractivity contribution in [2.45, 2.75) is 18.4 Å². The monoisotopic (exact) mass is 687 g/mol. The van der Waals surface area contributed by atoms with Crippen LogP contribution in [0.1, 0.15) is 29.9 Å². The van der Waals surface area contributed by atoms with E-state index in [0.717, 1.165) is 69.1 Å². The van der Waals surface area contributed by atoms with Crippen molar-refractivity contribution < 1.29 is 0 Å². The fourth-order valence-corrected chi connectivity index (χ4v) is 7.89. The number of nitrogens with zero attached hydrogens (tertiary/aromatic N) is 11. The summed E-state index contributed by atoms with van der Waals surface area (Å²) in [6.45, 7) is 0. The van der Waals surface area contributed by atoms with Gasteiger partial charge in [0.2, 0.25) is 11.9 Å². The van der Waals surface area contributed by atoms with Crippen molar-refractivity contribution in [1.82, 2.24) is 44.0 Å². The van der Waals surface area contributed by atoms with E-state index in [1.54, 1.807) is 12.4 Å². The molecule has 11 rings (SSSR count). The highest BCUT2D eigenvalue weighted by Crippen LogP contribution is 2.60. The highest BCUT2D eigenvalue weighted by atomic mass is 15.5. The molecule has 53 heavy (non-hydrogen) atoms. The van der Waals surface area contributed by atoms with E-state index in [1.165, 1.54) is 0 Å². The normalized spacial score (nSPS) is 19.3. The highest BCUT2D eigenvalue weighted by Gasteiger charge is 2.59. The largest absolute Gasteiger partial charge is 0.279 e. The number of rotatable bonds is 6. The zero-order chi connectivity index (χ0) is 34.9. The molecule has 11 heteroatoms. The molecule has 252 valence electrons. The third-order valence-electron chi connectivity index (χ3n) is 10.3. The molecule has 0 N–H and O–H groups in total. The average Bonchev–Trinajstić information content (AvgIpc) is 3.65. The van der Waals surface area contributed by atoms with Gasteiger partial charge in [-0.2, -0.15) is 0 Å². The minimum Gasteiger partial charge on any atom is -0.279 e. The van der Waals surface area contributed by atoms with Crippen LogP contribution >= 0.6 is 0 Å². The van der Waals surface area contributed by atoms with E-state index in [-0.39, 0.29) is 5.92 Å². The minimum atomic E-state index is -0.500. The lowest BCUT2D eigenvalue weighted by molar-refractivity contribution is 0.674. The Morgan fingerprint density at radius 1 is 0.585 bits per heavy atom. The second-order valence-corrected chi connectivity index (χ2v) is 13.3. The number of allylic oxidation sites excluding steroid dienone is 3. The van der Waals surface area contributed by atoms with Crippen molar-refractivity contribution in [2.75, 3.05) is 4.90 Å². The summed E-state index contributed by atoms with van der Waals surface area (Å²) in [5.41, 5.74) is 8.53. The van der Waals surface area contributed by atoms with Crippen LogP contribution in [-0.2, 0) is 5.54 Å². The van der Waals surface area contributed by atoms with Crippen LogP contribution in [0, 0.1) is 5.92 Å². The Morgan fingerprint density at radius 2 is 1.19 bits per heavy atom. The van der Waals surface area contributed by atoms with Gasteiger partial charge in [0.25, 0.3) is 0 Å². The molecular formula is C42H29N11. The summed E-state index contributed by atoms with van der Waals surface area (Å²) in [5, 5.41) is 0. The van der Waals surface area contributed by atoms with Crippen molar-refractivity contribution in [3.05, 3.63) is 157 Å². The number of hydrogen-bond donors (Lipinski definition) is 0. The number of hydrogen-bond acceptors (Lipinski definition) is 9. The topological polar surface area (TPSA) is 116 Å². The van der Waals surface area contributed by atoms with E-state index in [0.29, 0.717) is 24.0 Å². The Labute approximate surface area is 304 Å². The molecule has 2 unspecified atom stereocenters. The summed E-state index contributed by atoms with van der Waals surface area (Å²) in [5.74, 6) is 2.44. The van der Waals surface area contributed by atoms with Gasteiger partial charge in [-0.05, 0) is 85.7 Å². The Balaban J connectivity index is 1.30. The average molecular weight is 688 g/mol. The maximum absolute atomic E-state index is 5.60. The summed E-state index contributed by atoms with van der Waals surface area (Å²) in [6.07, 6.45) is 19.0. The van der Waals surface area contributed by atoms with Gasteiger partial charge in [-0.15, -0.1) is 0 Å². The van der Waals surface area contributed by atoms with Crippen LogP contribution in [0.5, 0.6) is 0 Å². The zero-order valence-corrected chi connectivity index (χ0v) is 28.3. The molecule has 3 aliphatic heterocycles. The molecule has 1 saturated carbocycles. The molecule has 1 fully saturated rings. The molecule has 0 radical (unpaired) electrons. The Morgan fingerprint density at radius 3 is 1.81 bits per heavy atom. The molecular weight excluding hydrogens is 659 g/mol. The van der Waals surface area contributed by atoms with Crippen LogP contribution in [0.4, 0.5) is 5.95 Å². The smallest absolute Gasteiger partial charge is 0.224 e. The van der Waals surface area contributed by atoms with Gasteiger partial charge in [0.05, 0.1) is 39.9 Å². The summed E-state index contributed by atoms with van der Waals surface area (Å²) < 4.78 is 4.36. The van der Waals surface area contributed by atoms with Gasteiger partial charge in [0.15, 0.2) is 0 Å². The maximum atomic E-state index is 5.60. The first-order valence-electron chi connectivity index (χ1n) is 17.6. The molecule has 0 aromatic carbocycles. The van der Waals surface area contributed by atoms with Crippen molar-refractivity contribution in [3.63, 3.8) is 0 Å². The fourth-order valence-electron chi connectivity index (χ4n) is 7.89. The van der Waals surface area contributed by atoms with Gasteiger partial charge in [-0.25, -0.2) is 14.5 Å². The third kappa shape index (κ3) is 4.40. The summed E-state index contributed by atoms with van der Waals surface area (Å²) >= 11 is 0. The second-order valence-electron chi connectivity index (χ2n) is 13.3. The third-order valence-corrected chi connectivity index (χ3v) is 10.3. The molecule has 10 heterocycles. The van der Waals surface area contributed by atoms with Crippen molar-refractivity contribution >= 4 is 29.3 Å². The predicted molar refractivity (Wildman–Crippen MR) is 203 cm³/mol. The van der Waals surface area contributed by atoms with E-state index >= 15 is 0 Å². The zero-order valence-electron chi connectivity index (χ0n) is 28.3. The minimum absolute atomic E-state index is 0.240. The number of aliphatic imine (C=N–C) groups is 1. The first-order chi connectivity index (χ1) is 26.3. The molecule has 11 nitrogen and oxygen atoms in total. The van der Waals surface area contributed by atoms with Crippen LogP contribution < -0.4 is 4.90 Å². The van der Waals surface area contributed by atoms with E-state index in [2.05, 4.69) is 32.3 Å². The Hall–Kier alpha value is -7.14. The second kappa shape index (κ2) is 11.4. The molecule has 7 aromatic heterocycles. The number of dihydropyridines is 1. The summed E-state index contributed by atoms with van der Waals surface area (Å²) in [6, 6.07) is 29.8. The number of pyridine rings is 5. The molecule has 0 amide bonds. The fraction of sp³-hybridized carbons (Fsp3) is 0.0952. The van der Waals surface area contributed by atoms with E-state index < -0.39 is 5.54 Å². The highest BCUT2D eigenvalue weighted by molar-refractivity contribution is 6.05. The number of anilines is 1. The van der Waals surface area contributed by atoms with Gasteiger partial charge in [-0.3, -0.25) is 39.4 Å². The van der Waals surface area contributed by atoms with Gasteiger partial charge in [-0.1, -0.05) is 36.4 Å². The summed E-state index contributed by atoms with van der Waals surface area (Å²) in [4.78, 5) is 42.8.